The van der Waals surface area contributed by atoms with Gasteiger partial charge in [-0.05, 0) is 54.6 Å². The number of benzene rings is 1. The zero-order chi connectivity index (χ0) is 21.4. The minimum atomic E-state index is -0.548. The number of hydrogen-bond acceptors (Lipinski definition) is 7. The Kier molecular flexibility index (Phi) is 5.44. The number of allylic oxidation sites excluding steroid dienone is 1. The molecule has 0 aliphatic carbocycles. The molecule has 1 aromatic carbocycles. The van der Waals surface area contributed by atoms with E-state index in [9.17, 15) is 9.59 Å². The van der Waals surface area contributed by atoms with Crippen molar-refractivity contribution < 1.29 is 14.3 Å². The van der Waals surface area contributed by atoms with Crippen LogP contribution in [-0.2, 0) is 9.53 Å². The zero-order valence-corrected chi connectivity index (χ0v) is 18.6. The fraction of sp³-hybridized carbons (Fsp3) is 0.227. The third-order valence-corrected chi connectivity index (χ3v) is 6.86. The smallest absolute Gasteiger partial charge is 0.338 e. The summed E-state index contributed by atoms with van der Waals surface area (Å²) in [6.45, 7) is 3.73. The highest BCUT2D eigenvalue weighted by Crippen LogP contribution is 2.33. The quantitative estimate of drug-likeness (QED) is 0.585. The number of nitrogens with zero attached hydrogens (tertiary/aromatic N) is 2. The Labute approximate surface area is 181 Å². The third-order valence-electron chi connectivity index (χ3n) is 4.96. The van der Waals surface area contributed by atoms with Gasteiger partial charge in [0.05, 0.1) is 30.0 Å². The van der Waals surface area contributed by atoms with E-state index in [0.717, 1.165) is 21.8 Å². The predicted octanol–water partition coefficient (Wildman–Crippen LogP) is 2.79. The van der Waals surface area contributed by atoms with Crippen molar-refractivity contribution in [3.63, 3.8) is 0 Å². The zero-order valence-electron chi connectivity index (χ0n) is 17.0. The van der Waals surface area contributed by atoms with Gasteiger partial charge in [0.2, 0.25) is 0 Å². The lowest BCUT2D eigenvalue weighted by Gasteiger charge is -2.22. The first-order valence-corrected chi connectivity index (χ1v) is 10.9. The van der Waals surface area contributed by atoms with Crippen molar-refractivity contribution in [1.82, 2.24) is 4.57 Å². The molecular formula is C22H20N2O4S2. The van der Waals surface area contributed by atoms with E-state index in [4.69, 9.17) is 9.47 Å². The maximum absolute atomic E-state index is 13.4. The highest BCUT2D eigenvalue weighted by molar-refractivity contribution is 7.10. The van der Waals surface area contributed by atoms with Crippen LogP contribution >= 0.6 is 22.7 Å². The molecule has 0 saturated carbocycles. The summed E-state index contributed by atoms with van der Waals surface area (Å²) in [5, 5.41) is 1.93. The van der Waals surface area contributed by atoms with E-state index >= 15 is 0 Å². The Morgan fingerprint density at radius 3 is 2.67 bits per heavy atom. The second-order valence-electron chi connectivity index (χ2n) is 6.82. The summed E-state index contributed by atoms with van der Waals surface area (Å²) in [5.41, 5.74) is 2.65. The average molecular weight is 441 g/mol. The molecule has 3 heterocycles. The summed E-state index contributed by atoms with van der Waals surface area (Å²) in [5.74, 6) is 0.319. The Morgan fingerprint density at radius 1 is 1.23 bits per heavy atom. The van der Waals surface area contributed by atoms with Gasteiger partial charge >= 0.3 is 5.97 Å². The largest absolute Gasteiger partial charge is 0.496 e. The van der Waals surface area contributed by atoms with E-state index in [1.165, 1.54) is 29.8 Å². The van der Waals surface area contributed by atoms with Gasteiger partial charge in [0.1, 0.15) is 11.8 Å². The Balaban J connectivity index is 1.93. The Hall–Kier alpha value is -2.97. The van der Waals surface area contributed by atoms with Crippen molar-refractivity contribution in [2.45, 2.75) is 19.9 Å². The highest BCUT2D eigenvalue weighted by Gasteiger charge is 2.33. The number of carbonyl (C=O) groups excluding carboxylic acids is 1. The van der Waals surface area contributed by atoms with Gasteiger partial charge in [-0.1, -0.05) is 23.5 Å². The first-order valence-electron chi connectivity index (χ1n) is 9.23. The molecule has 8 heteroatoms. The second kappa shape index (κ2) is 8.04. The molecule has 3 aromatic rings. The predicted molar refractivity (Wildman–Crippen MR) is 118 cm³/mol. The van der Waals surface area contributed by atoms with Crippen molar-refractivity contribution in [1.29, 1.82) is 0 Å². The van der Waals surface area contributed by atoms with Gasteiger partial charge in [0, 0.05) is 4.88 Å². The number of aryl methyl sites for hydroxylation is 1. The number of hydrogen-bond donors (Lipinski definition) is 0. The minimum absolute atomic E-state index is 0.181. The van der Waals surface area contributed by atoms with Crippen LogP contribution in [0, 0.1) is 6.92 Å². The van der Waals surface area contributed by atoms with Crippen molar-refractivity contribution >= 4 is 34.7 Å². The number of thiazole rings is 1. The molecule has 0 saturated heterocycles. The van der Waals surface area contributed by atoms with Crippen LogP contribution in [0.2, 0.25) is 0 Å². The van der Waals surface area contributed by atoms with E-state index in [0.29, 0.717) is 20.6 Å². The summed E-state index contributed by atoms with van der Waals surface area (Å²) < 4.78 is 12.5. The molecule has 154 valence electrons. The van der Waals surface area contributed by atoms with Crippen LogP contribution in [0.3, 0.4) is 0 Å². The molecule has 1 aliphatic rings. The van der Waals surface area contributed by atoms with Gasteiger partial charge in [-0.2, -0.15) is 0 Å². The van der Waals surface area contributed by atoms with Crippen molar-refractivity contribution in [2.75, 3.05) is 14.2 Å². The maximum atomic E-state index is 13.4. The number of esters is 1. The van der Waals surface area contributed by atoms with Gasteiger partial charge in [0.15, 0.2) is 4.80 Å². The van der Waals surface area contributed by atoms with Crippen molar-refractivity contribution in [3.8, 4) is 5.75 Å². The number of aromatic nitrogens is 1. The van der Waals surface area contributed by atoms with Crippen LogP contribution in [-0.4, -0.2) is 24.8 Å². The van der Waals surface area contributed by atoms with Crippen LogP contribution in [0.4, 0.5) is 0 Å². The lowest BCUT2D eigenvalue weighted by molar-refractivity contribution is -0.136. The summed E-state index contributed by atoms with van der Waals surface area (Å²) in [7, 11) is 2.97. The number of thiophene rings is 1. The summed E-state index contributed by atoms with van der Waals surface area (Å²) >= 11 is 2.81. The molecule has 0 bridgehead atoms. The number of rotatable bonds is 4. The van der Waals surface area contributed by atoms with E-state index in [2.05, 4.69) is 4.99 Å². The summed E-state index contributed by atoms with van der Waals surface area (Å²) in [6.07, 6.45) is 1.85. The molecular weight excluding hydrogens is 420 g/mol. The Morgan fingerprint density at radius 2 is 2.03 bits per heavy atom. The van der Waals surface area contributed by atoms with Crippen molar-refractivity contribution in [2.24, 2.45) is 4.99 Å². The van der Waals surface area contributed by atoms with Gasteiger partial charge in [-0.15, -0.1) is 11.3 Å². The van der Waals surface area contributed by atoms with Gasteiger partial charge < -0.3 is 9.47 Å². The van der Waals surface area contributed by atoms with E-state index in [1.54, 1.807) is 18.6 Å². The SMILES string of the molecule is COC(=O)C1=C(C)N=c2sc(=Cc3ccc(OC)c(C)c3)c(=O)n2C1c1cccs1. The van der Waals surface area contributed by atoms with E-state index in [1.807, 2.05) is 48.7 Å². The lowest BCUT2D eigenvalue weighted by atomic mass is 10.0. The third kappa shape index (κ3) is 3.42. The summed E-state index contributed by atoms with van der Waals surface area (Å²) in [4.78, 5) is 31.9. The maximum Gasteiger partial charge on any atom is 0.338 e. The molecule has 6 nitrogen and oxygen atoms in total. The van der Waals surface area contributed by atoms with E-state index < -0.39 is 12.0 Å². The normalized spacial score (nSPS) is 16.3. The topological polar surface area (TPSA) is 69.9 Å². The molecule has 1 atom stereocenters. The first kappa shape index (κ1) is 20.3. The molecule has 4 rings (SSSR count). The molecule has 0 spiro atoms. The molecule has 0 radical (unpaired) electrons. The molecule has 1 unspecified atom stereocenters. The van der Waals surface area contributed by atoms with Crippen LogP contribution in [0.25, 0.3) is 6.08 Å². The Bertz CT molecular complexity index is 1330. The molecule has 0 fully saturated rings. The van der Waals surface area contributed by atoms with Gasteiger partial charge in [-0.25, -0.2) is 9.79 Å². The fourth-order valence-electron chi connectivity index (χ4n) is 3.55. The minimum Gasteiger partial charge on any atom is -0.496 e. The number of ether oxygens (including phenoxy) is 2. The van der Waals surface area contributed by atoms with Crippen LogP contribution < -0.4 is 19.6 Å². The fourth-order valence-corrected chi connectivity index (χ4v) is 5.42. The monoisotopic (exact) mass is 440 g/mol. The van der Waals surface area contributed by atoms with Crippen molar-refractivity contribution in [3.05, 3.63) is 82.7 Å². The summed E-state index contributed by atoms with van der Waals surface area (Å²) in [6, 6.07) is 9.03. The second-order valence-corrected chi connectivity index (χ2v) is 8.81. The van der Waals surface area contributed by atoms with Crippen LogP contribution in [0.1, 0.15) is 29.0 Å². The molecule has 2 aromatic heterocycles. The molecule has 0 amide bonds. The number of carbonyl (C=O) groups is 1. The van der Waals surface area contributed by atoms with E-state index in [-0.39, 0.29) is 5.56 Å². The van der Waals surface area contributed by atoms with Gasteiger partial charge in [-0.3, -0.25) is 9.36 Å². The highest BCUT2D eigenvalue weighted by atomic mass is 32.1. The number of fused-ring (bicyclic) bond motifs is 1. The molecule has 0 N–H and O–H groups in total. The first-order chi connectivity index (χ1) is 14.4. The lowest BCUT2D eigenvalue weighted by Crippen LogP contribution is -2.39. The molecule has 30 heavy (non-hydrogen) atoms. The number of methoxy groups -OCH3 is 2. The molecule has 1 aliphatic heterocycles. The van der Waals surface area contributed by atoms with Crippen LogP contribution in [0.15, 0.2) is 56.8 Å². The van der Waals surface area contributed by atoms with Crippen LogP contribution in [0.5, 0.6) is 5.75 Å². The van der Waals surface area contributed by atoms with Gasteiger partial charge in [0.25, 0.3) is 5.56 Å². The standard InChI is InChI=1S/C22H20N2O4S2/c1-12-10-14(7-8-15(12)27-3)11-17-20(25)24-19(16-6-5-9-29-16)18(21(26)28-4)13(2)23-22(24)30-17/h5-11,19H,1-4H3. The average Bonchev–Trinajstić information content (AvgIpc) is 3.36.